The van der Waals surface area contributed by atoms with Gasteiger partial charge in [-0.05, 0) is 97.7 Å². The molecule has 2 nitrogen and oxygen atoms in total. The minimum atomic E-state index is -0.148. The van der Waals surface area contributed by atoms with Crippen LogP contribution in [-0.2, 0) is 9.53 Å². The Morgan fingerprint density at radius 2 is 1.83 bits per heavy atom. The number of esters is 1. The van der Waals surface area contributed by atoms with Gasteiger partial charge in [-0.3, -0.25) is 4.79 Å². The molecule has 3 saturated carbocycles. The van der Waals surface area contributed by atoms with Crippen molar-refractivity contribution in [3.05, 3.63) is 11.6 Å². The largest absolute Gasteiger partial charge is 0.461 e. The second-order valence-corrected chi connectivity index (χ2v) is 15.0. The Kier molecular flexibility index (Phi) is 8.87. The van der Waals surface area contributed by atoms with Gasteiger partial charge in [-0.1, -0.05) is 94.8 Å². The topological polar surface area (TPSA) is 26.3 Å². The fraction of sp³-hybridized carbons (Fsp3) is 0.906. The molecule has 0 bridgehead atoms. The molecule has 0 aromatic carbocycles. The van der Waals surface area contributed by atoms with Crippen LogP contribution in [0.25, 0.3) is 0 Å². The van der Waals surface area contributed by atoms with Crippen molar-refractivity contribution < 1.29 is 9.53 Å². The van der Waals surface area contributed by atoms with E-state index in [9.17, 15) is 4.79 Å². The van der Waals surface area contributed by atoms with Gasteiger partial charge in [0.05, 0.1) is 0 Å². The minimum absolute atomic E-state index is 0.0531. The molecule has 0 heterocycles. The summed E-state index contributed by atoms with van der Waals surface area (Å²) in [5, 5.41) is 0. The van der Waals surface area contributed by atoms with E-state index < -0.39 is 0 Å². The van der Waals surface area contributed by atoms with Crippen LogP contribution >= 0.6 is 15.9 Å². The van der Waals surface area contributed by atoms with E-state index in [1.807, 2.05) is 0 Å². The van der Waals surface area contributed by atoms with Gasteiger partial charge < -0.3 is 4.74 Å². The Balaban J connectivity index is 1.42. The van der Waals surface area contributed by atoms with Gasteiger partial charge in [-0.2, -0.15) is 0 Å². The molecular formula is C32H53BrO2. The highest BCUT2D eigenvalue weighted by Crippen LogP contribution is 2.67. The first kappa shape index (κ1) is 27.7. The highest BCUT2D eigenvalue weighted by atomic mass is 79.9. The maximum absolute atomic E-state index is 12.5. The van der Waals surface area contributed by atoms with E-state index >= 15 is 0 Å². The fourth-order valence-electron chi connectivity index (χ4n) is 9.36. The zero-order valence-corrected chi connectivity index (χ0v) is 25.2. The highest BCUT2D eigenvalue weighted by Gasteiger charge is 2.59. The molecule has 0 unspecified atom stereocenters. The summed E-state index contributed by atoms with van der Waals surface area (Å²) in [4.78, 5) is 12.4. The summed E-state index contributed by atoms with van der Waals surface area (Å²) in [6.45, 7) is 14.7. The van der Waals surface area contributed by atoms with Crippen molar-refractivity contribution in [1.82, 2.24) is 0 Å². The maximum atomic E-state index is 12.5. The van der Waals surface area contributed by atoms with Crippen LogP contribution in [-0.4, -0.2) is 16.9 Å². The fourth-order valence-corrected chi connectivity index (χ4v) is 9.93. The van der Waals surface area contributed by atoms with Crippen LogP contribution < -0.4 is 0 Å². The van der Waals surface area contributed by atoms with Gasteiger partial charge in [-0.25, -0.2) is 0 Å². The molecule has 4 aliphatic rings. The van der Waals surface area contributed by atoms with Gasteiger partial charge in [0.2, 0.25) is 0 Å². The van der Waals surface area contributed by atoms with Gasteiger partial charge >= 0.3 is 5.97 Å². The molecule has 3 heteroatoms. The third-order valence-electron chi connectivity index (χ3n) is 11.3. The van der Waals surface area contributed by atoms with Crippen LogP contribution in [0.1, 0.15) is 125 Å². The summed E-state index contributed by atoms with van der Waals surface area (Å²) in [6, 6.07) is 0. The van der Waals surface area contributed by atoms with Crippen molar-refractivity contribution in [3.63, 3.8) is 0 Å². The normalized spacial score (nSPS) is 40.3. The number of alkyl halides is 1. The van der Waals surface area contributed by atoms with E-state index in [1.165, 1.54) is 57.8 Å². The Hall–Kier alpha value is -0.310. The van der Waals surface area contributed by atoms with E-state index in [2.05, 4.69) is 63.5 Å². The van der Waals surface area contributed by atoms with E-state index in [0.29, 0.717) is 10.8 Å². The molecule has 0 spiro atoms. The number of hydrogen-bond donors (Lipinski definition) is 0. The lowest BCUT2D eigenvalue weighted by atomic mass is 9.47. The minimum Gasteiger partial charge on any atom is -0.461 e. The molecule has 35 heavy (non-hydrogen) atoms. The Morgan fingerprint density at radius 3 is 2.54 bits per heavy atom. The second-order valence-electron chi connectivity index (χ2n) is 13.8. The van der Waals surface area contributed by atoms with Crippen molar-refractivity contribution in [3.8, 4) is 0 Å². The van der Waals surface area contributed by atoms with Gasteiger partial charge in [0, 0.05) is 6.42 Å². The first-order valence-electron chi connectivity index (χ1n) is 15.1. The highest BCUT2D eigenvalue weighted by molar-refractivity contribution is 9.10. The van der Waals surface area contributed by atoms with Crippen molar-refractivity contribution in [2.24, 2.45) is 46.3 Å². The standard InChI is InChI=1S/C32H53BrO2/c1-7-9-29(33)30(34)35-24-16-18-31(5)23(20-24)12-13-25-27-15-14-26(22(4)11-8-10-21(2)3)32(27,6)19-17-28(25)31/h12,21-22,24-29H,7-11,13-20H2,1-6H3/t22-,24+,25+,26-,27+,28+,29+,31+,32-/m1/s1. The van der Waals surface area contributed by atoms with Crippen molar-refractivity contribution >= 4 is 21.9 Å². The van der Waals surface area contributed by atoms with Crippen molar-refractivity contribution in [2.45, 2.75) is 136 Å². The third kappa shape index (κ3) is 5.46. The lowest BCUT2D eigenvalue weighted by Crippen LogP contribution is -2.51. The molecule has 4 rings (SSSR count). The van der Waals surface area contributed by atoms with E-state index in [0.717, 1.165) is 61.2 Å². The average molecular weight is 550 g/mol. The van der Waals surface area contributed by atoms with Crippen LogP contribution in [0, 0.1) is 46.3 Å². The molecule has 0 amide bonds. The summed E-state index contributed by atoms with van der Waals surface area (Å²) in [7, 11) is 0. The summed E-state index contributed by atoms with van der Waals surface area (Å²) >= 11 is 3.53. The third-order valence-corrected chi connectivity index (χ3v) is 12.2. The van der Waals surface area contributed by atoms with Gasteiger partial charge in [0.1, 0.15) is 10.9 Å². The van der Waals surface area contributed by atoms with E-state index in [1.54, 1.807) is 5.57 Å². The summed E-state index contributed by atoms with van der Waals surface area (Å²) < 4.78 is 5.98. The van der Waals surface area contributed by atoms with Crippen LogP contribution in [0.4, 0.5) is 0 Å². The maximum Gasteiger partial charge on any atom is 0.320 e. The zero-order valence-electron chi connectivity index (χ0n) is 23.6. The number of rotatable bonds is 9. The van der Waals surface area contributed by atoms with Crippen LogP contribution in [0.15, 0.2) is 11.6 Å². The van der Waals surface area contributed by atoms with E-state index in [-0.39, 0.29) is 16.9 Å². The number of allylic oxidation sites excluding steroid dienone is 1. The average Bonchev–Trinajstić information content (AvgIpc) is 3.16. The molecule has 0 saturated heterocycles. The Labute approximate surface area is 224 Å². The predicted molar refractivity (Wildman–Crippen MR) is 151 cm³/mol. The molecule has 0 aromatic rings. The van der Waals surface area contributed by atoms with Crippen molar-refractivity contribution in [1.29, 1.82) is 0 Å². The van der Waals surface area contributed by atoms with Crippen LogP contribution in [0.2, 0.25) is 0 Å². The molecular weight excluding hydrogens is 496 g/mol. The van der Waals surface area contributed by atoms with Crippen molar-refractivity contribution in [2.75, 3.05) is 0 Å². The lowest BCUT2D eigenvalue weighted by Gasteiger charge is -2.58. The van der Waals surface area contributed by atoms with Crippen LogP contribution in [0.3, 0.4) is 0 Å². The van der Waals surface area contributed by atoms with Gasteiger partial charge in [0.15, 0.2) is 0 Å². The van der Waals surface area contributed by atoms with Gasteiger partial charge in [-0.15, -0.1) is 0 Å². The quantitative estimate of drug-likeness (QED) is 0.163. The molecule has 9 atom stereocenters. The molecule has 0 aliphatic heterocycles. The second kappa shape index (κ2) is 11.2. The summed E-state index contributed by atoms with van der Waals surface area (Å²) in [5.41, 5.74) is 2.49. The number of halogens is 1. The first-order chi connectivity index (χ1) is 16.6. The molecule has 200 valence electrons. The predicted octanol–water partition coefficient (Wildman–Crippen LogP) is 9.50. The Morgan fingerprint density at radius 1 is 1.06 bits per heavy atom. The smallest absolute Gasteiger partial charge is 0.320 e. The van der Waals surface area contributed by atoms with Gasteiger partial charge in [0.25, 0.3) is 0 Å². The molecule has 3 fully saturated rings. The molecule has 4 aliphatic carbocycles. The Bertz CT molecular complexity index is 774. The van der Waals surface area contributed by atoms with Crippen LogP contribution in [0.5, 0.6) is 0 Å². The molecule has 0 N–H and O–H groups in total. The molecule has 0 aromatic heterocycles. The SMILES string of the molecule is CCC[C@H](Br)C(=O)O[C@H]1CC[C@@]2(C)C(=CC[C@H]3[C@@H]4CC[C@H]([C@H](C)CCCC(C)C)[C@@]4(C)CC[C@@H]32)C1. The number of ether oxygens (including phenoxy) is 1. The monoisotopic (exact) mass is 548 g/mol. The first-order valence-corrected chi connectivity index (χ1v) is 16.1. The number of carbonyl (C=O) groups is 1. The number of hydrogen-bond acceptors (Lipinski definition) is 2. The summed E-state index contributed by atoms with van der Waals surface area (Å²) in [5.74, 6) is 5.19. The number of carbonyl (C=O) groups excluding carboxylic acids is 1. The summed E-state index contributed by atoms with van der Waals surface area (Å²) in [6.07, 6.45) is 19.0. The molecule has 0 radical (unpaired) electrons. The zero-order chi connectivity index (χ0) is 25.4. The lowest BCUT2D eigenvalue weighted by molar-refractivity contribution is -0.150. The number of fused-ring (bicyclic) bond motifs is 5. The van der Waals surface area contributed by atoms with E-state index in [4.69, 9.17) is 4.74 Å².